The molecule has 2 heteroatoms. The molecule has 1 aromatic rings. The van der Waals surface area contributed by atoms with Gasteiger partial charge in [0.25, 0.3) is 0 Å². The third kappa shape index (κ3) is 3.68. The first kappa shape index (κ1) is 15.0. The molecular formula is C17H22N2. The van der Waals surface area contributed by atoms with Crippen LogP contribution in [0.2, 0.25) is 0 Å². The number of allylic oxidation sites excluding steroid dienone is 4. The summed E-state index contributed by atoms with van der Waals surface area (Å²) < 4.78 is 0. The van der Waals surface area contributed by atoms with Gasteiger partial charge in [-0.05, 0) is 35.1 Å². The zero-order valence-corrected chi connectivity index (χ0v) is 11.8. The highest BCUT2D eigenvalue weighted by Crippen LogP contribution is 2.24. The van der Waals surface area contributed by atoms with Gasteiger partial charge in [-0.2, -0.15) is 5.10 Å². The molecule has 0 bridgehead atoms. The van der Waals surface area contributed by atoms with Crippen LogP contribution in [0.1, 0.15) is 31.4 Å². The summed E-state index contributed by atoms with van der Waals surface area (Å²) in [7, 11) is 0. The van der Waals surface area contributed by atoms with Crippen LogP contribution >= 0.6 is 0 Å². The van der Waals surface area contributed by atoms with Crippen LogP contribution < -0.4 is 5.84 Å². The minimum atomic E-state index is 0.761. The van der Waals surface area contributed by atoms with Crippen molar-refractivity contribution in [3.63, 3.8) is 0 Å². The topological polar surface area (TPSA) is 38.4 Å². The molecule has 0 spiro atoms. The molecule has 0 fully saturated rings. The fourth-order valence-electron chi connectivity index (χ4n) is 1.95. The quantitative estimate of drug-likeness (QED) is 0.353. The summed E-state index contributed by atoms with van der Waals surface area (Å²) in [5.74, 6) is 5.42. The van der Waals surface area contributed by atoms with Crippen LogP contribution in [0.3, 0.4) is 0 Å². The molecule has 0 aromatic heterocycles. The lowest BCUT2D eigenvalue weighted by molar-refractivity contribution is 1.14. The molecule has 0 saturated heterocycles. The van der Waals surface area contributed by atoms with E-state index in [1.807, 2.05) is 13.0 Å². The van der Waals surface area contributed by atoms with E-state index < -0.39 is 0 Å². The Balaban J connectivity index is 3.17. The average Bonchev–Trinajstić information content (AvgIpc) is 2.46. The first-order valence-electron chi connectivity index (χ1n) is 6.56. The molecule has 0 saturated carbocycles. The molecule has 1 aromatic carbocycles. The molecule has 0 heterocycles. The van der Waals surface area contributed by atoms with Crippen LogP contribution in [0.5, 0.6) is 0 Å². The SMILES string of the molecule is C=C/C=C(\C(=C)/C(CC)=N/N)c1ccc(CC)cc1. The predicted octanol–water partition coefficient (Wildman–Crippen LogP) is 4.10. The van der Waals surface area contributed by atoms with Gasteiger partial charge in [-0.1, -0.05) is 63.4 Å². The third-order valence-corrected chi connectivity index (χ3v) is 3.12. The first-order valence-corrected chi connectivity index (χ1v) is 6.56. The standard InChI is InChI=1S/C17H22N2/c1-5-8-16(13(4)17(7-3)19-18)15-11-9-14(6-2)10-12-15/h5,8-12H,1,4,6-7,18H2,2-3H3/b16-8+,19-17+. The summed E-state index contributed by atoms with van der Waals surface area (Å²) in [5.41, 5.74) is 5.11. The number of benzene rings is 1. The normalized spacial score (nSPS) is 12.3. The molecule has 0 unspecified atom stereocenters. The van der Waals surface area contributed by atoms with Crippen LogP contribution in [0, 0.1) is 0 Å². The smallest absolute Gasteiger partial charge is 0.0670 e. The van der Waals surface area contributed by atoms with E-state index in [9.17, 15) is 0 Å². The second-order valence-electron chi connectivity index (χ2n) is 4.27. The van der Waals surface area contributed by atoms with Crippen molar-refractivity contribution < 1.29 is 0 Å². The number of nitrogens with two attached hydrogens (primary N) is 1. The highest BCUT2D eigenvalue weighted by molar-refractivity contribution is 6.12. The van der Waals surface area contributed by atoms with Gasteiger partial charge in [0.2, 0.25) is 0 Å². The van der Waals surface area contributed by atoms with Gasteiger partial charge >= 0.3 is 0 Å². The molecule has 2 N–H and O–H groups in total. The summed E-state index contributed by atoms with van der Waals surface area (Å²) in [6, 6.07) is 8.46. The molecule has 1 rings (SSSR count). The number of nitrogens with zero attached hydrogens (tertiary/aromatic N) is 1. The summed E-state index contributed by atoms with van der Waals surface area (Å²) in [6.45, 7) is 12.0. The van der Waals surface area contributed by atoms with Crippen molar-refractivity contribution in [2.75, 3.05) is 0 Å². The van der Waals surface area contributed by atoms with Crippen molar-refractivity contribution in [2.24, 2.45) is 10.9 Å². The lowest BCUT2D eigenvalue weighted by atomic mass is 9.93. The van der Waals surface area contributed by atoms with Gasteiger partial charge in [0.1, 0.15) is 0 Å². The summed E-state index contributed by atoms with van der Waals surface area (Å²) in [6.07, 6.45) is 5.51. The van der Waals surface area contributed by atoms with Gasteiger partial charge in [0.05, 0.1) is 5.71 Å². The highest BCUT2D eigenvalue weighted by Gasteiger charge is 2.10. The van der Waals surface area contributed by atoms with Crippen LogP contribution in [0.4, 0.5) is 0 Å². The maximum Gasteiger partial charge on any atom is 0.0670 e. The van der Waals surface area contributed by atoms with Gasteiger partial charge in [-0.15, -0.1) is 0 Å². The van der Waals surface area contributed by atoms with Crippen molar-refractivity contribution in [3.8, 4) is 0 Å². The first-order chi connectivity index (χ1) is 9.17. The van der Waals surface area contributed by atoms with Gasteiger partial charge in [0, 0.05) is 0 Å². The Labute approximate surface area is 116 Å². The van der Waals surface area contributed by atoms with Crippen molar-refractivity contribution in [3.05, 3.63) is 66.3 Å². The molecule has 0 atom stereocenters. The Kier molecular flexibility index (Phi) is 5.80. The van der Waals surface area contributed by atoms with Crippen LogP contribution in [-0.2, 0) is 6.42 Å². The van der Waals surface area contributed by atoms with E-state index in [-0.39, 0.29) is 0 Å². The Morgan fingerprint density at radius 1 is 1.26 bits per heavy atom. The summed E-state index contributed by atoms with van der Waals surface area (Å²) in [5, 5.41) is 3.81. The number of rotatable bonds is 6. The van der Waals surface area contributed by atoms with E-state index in [1.54, 1.807) is 6.08 Å². The lowest BCUT2D eigenvalue weighted by Gasteiger charge is -2.12. The molecule has 0 aliphatic heterocycles. The molecule has 0 aliphatic rings. The minimum Gasteiger partial charge on any atom is -0.323 e. The third-order valence-electron chi connectivity index (χ3n) is 3.12. The summed E-state index contributed by atoms with van der Waals surface area (Å²) in [4.78, 5) is 0. The maximum absolute atomic E-state index is 5.42. The molecule has 0 aliphatic carbocycles. The monoisotopic (exact) mass is 254 g/mol. The number of hydrazone groups is 1. The van der Waals surface area contributed by atoms with Crippen molar-refractivity contribution in [1.82, 2.24) is 0 Å². The van der Waals surface area contributed by atoms with E-state index in [4.69, 9.17) is 5.84 Å². The van der Waals surface area contributed by atoms with E-state index in [2.05, 4.69) is 49.4 Å². The Morgan fingerprint density at radius 3 is 2.32 bits per heavy atom. The molecular weight excluding hydrogens is 232 g/mol. The van der Waals surface area contributed by atoms with Crippen LogP contribution in [0.15, 0.2) is 60.2 Å². The highest BCUT2D eigenvalue weighted by atomic mass is 15.1. The Morgan fingerprint density at radius 2 is 1.89 bits per heavy atom. The van der Waals surface area contributed by atoms with E-state index >= 15 is 0 Å². The molecule has 2 nitrogen and oxygen atoms in total. The summed E-state index contributed by atoms with van der Waals surface area (Å²) >= 11 is 0. The van der Waals surface area contributed by atoms with Gasteiger partial charge in [-0.25, -0.2) is 0 Å². The number of aryl methyl sites for hydroxylation is 1. The maximum atomic E-state index is 5.42. The molecule has 19 heavy (non-hydrogen) atoms. The van der Waals surface area contributed by atoms with E-state index in [0.717, 1.165) is 35.3 Å². The predicted molar refractivity (Wildman–Crippen MR) is 85.0 cm³/mol. The number of hydrogen-bond acceptors (Lipinski definition) is 2. The van der Waals surface area contributed by atoms with Gasteiger partial charge in [-0.3, -0.25) is 0 Å². The second kappa shape index (κ2) is 7.37. The van der Waals surface area contributed by atoms with Gasteiger partial charge in [0.15, 0.2) is 0 Å². The van der Waals surface area contributed by atoms with Crippen molar-refractivity contribution in [1.29, 1.82) is 0 Å². The largest absolute Gasteiger partial charge is 0.323 e. The average molecular weight is 254 g/mol. The van der Waals surface area contributed by atoms with Crippen LogP contribution in [-0.4, -0.2) is 5.71 Å². The Bertz CT molecular complexity index is 505. The van der Waals surface area contributed by atoms with E-state index in [0.29, 0.717) is 0 Å². The van der Waals surface area contributed by atoms with Crippen LogP contribution in [0.25, 0.3) is 5.57 Å². The molecule has 100 valence electrons. The lowest BCUT2D eigenvalue weighted by Crippen LogP contribution is -2.06. The zero-order valence-electron chi connectivity index (χ0n) is 11.8. The fraction of sp³-hybridized carbons (Fsp3) is 0.235. The zero-order chi connectivity index (χ0) is 14.3. The Hall–Kier alpha value is -2.09. The second-order valence-corrected chi connectivity index (χ2v) is 4.27. The molecule has 0 amide bonds. The fourth-order valence-corrected chi connectivity index (χ4v) is 1.95. The van der Waals surface area contributed by atoms with E-state index in [1.165, 1.54) is 5.56 Å². The van der Waals surface area contributed by atoms with Crippen molar-refractivity contribution in [2.45, 2.75) is 26.7 Å². The number of hydrogen-bond donors (Lipinski definition) is 1. The minimum absolute atomic E-state index is 0.761. The van der Waals surface area contributed by atoms with Gasteiger partial charge < -0.3 is 5.84 Å². The molecule has 0 radical (unpaired) electrons. The van der Waals surface area contributed by atoms with Crippen molar-refractivity contribution >= 4 is 11.3 Å².